The Hall–Kier alpha value is -3.78. The van der Waals surface area contributed by atoms with Crippen LogP contribution in [0.15, 0.2) is 90.0 Å². The van der Waals surface area contributed by atoms with E-state index in [0.717, 1.165) is 5.69 Å². The Morgan fingerprint density at radius 3 is 2.26 bits per heavy atom. The maximum Gasteiger partial charge on any atom is 0.265 e. The Labute approximate surface area is 179 Å². The molecule has 0 amide bonds. The van der Waals surface area contributed by atoms with Gasteiger partial charge < -0.3 is 9.47 Å². The van der Waals surface area contributed by atoms with Crippen molar-refractivity contribution in [3.8, 4) is 28.4 Å². The molecule has 0 atom stereocenters. The number of sulfonamides is 1. The lowest BCUT2D eigenvalue weighted by atomic mass is 10.2. The van der Waals surface area contributed by atoms with E-state index in [0.29, 0.717) is 41.7 Å². The van der Waals surface area contributed by atoms with Crippen LogP contribution in [0.5, 0.6) is 11.5 Å². The number of ether oxygens (including phenoxy) is 2. The van der Waals surface area contributed by atoms with E-state index in [9.17, 15) is 8.42 Å². The molecule has 156 valence electrons. The van der Waals surface area contributed by atoms with Crippen LogP contribution < -0.4 is 14.2 Å². The molecule has 0 radical (unpaired) electrons. The average molecular weight is 433 g/mol. The van der Waals surface area contributed by atoms with Crippen LogP contribution in [-0.4, -0.2) is 31.4 Å². The first-order valence-electron chi connectivity index (χ1n) is 9.73. The van der Waals surface area contributed by atoms with Crippen molar-refractivity contribution in [2.45, 2.75) is 4.90 Å². The topological polar surface area (TPSA) is 82.5 Å². The standard InChI is InChI=1S/C23H19N3O4S/c27-31(28,25-18-11-12-20-21(15-18)30-14-13-29-20)22-16-26(19-9-5-2-6-10-19)24-23(22)17-7-3-1-4-8-17/h1-12,15-16,25H,13-14H2. The van der Waals surface area contributed by atoms with Crippen molar-refractivity contribution in [3.63, 3.8) is 0 Å². The number of hydrogen-bond acceptors (Lipinski definition) is 5. The van der Waals surface area contributed by atoms with E-state index in [1.165, 1.54) is 6.20 Å². The van der Waals surface area contributed by atoms with Crippen LogP contribution >= 0.6 is 0 Å². The van der Waals surface area contributed by atoms with Gasteiger partial charge in [-0.2, -0.15) is 5.10 Å². The van der Waals surface area contributed by atoms with Crippen molar-refractivity contribution >= 4 is 15.7 Å². The van der Waals surface area contributed by atoms with Gasteiger partial charge in [0.05, 0.1) is 17.6 Å². The summed E-state index contributed by atoms with van der Waals surface area (Å²) < 4.78 is 42.0. The van der Waals surface area contributed by atoms with Gasteiger partial charge in [0.1, 0.15) is 23.8 Å². The summed E-state index contributed by atoms with van der Waals surface area (Å²) in [7, 11) is -3.94. The van der Waals surface area contributed by atoms with Gasteiger partial charge in [-0.3, -0.25) is 4.72 Å². The fraction of sp³-hybridized carbons (Fsp3) is 0.0870. The molecule has 1 aromatic heterocycles. The smallest absolute Gasteiger partial charge is 0.265 e. The molecular weight excluding hydrogens is 414 g/mol. The SMILES string of the molecule is O=S(=O)(Nc1ccc2c(c1)OCCO2)c1cn(-c2ccccc2)nc1-c1ccccc1. The Morgan fingerprint density at radius 2 is 1.52 bits per heavy atom. The zero-order valence-corrected chi connectivity index (χ0v) is 17.2. The van der Waals surface area contributed by atoms with Gasteiger partial charge in [-0.1, -0.05) is 48.5 Å². The second-order valence-electron chi connectivity index (χ2n) is 6.95. The van der Waals surface area contributed by atoms with Gasteiger partial charge in [0.25, 0.3) is 10.0 Å². The molecule has 1 aliphatic heterocycles. The van der Waals surface area contributed by atoms with Gasteiger partial charge in [0.2, 0.25) is 0 Å². The molecule has 0 fully saturated rings. The Bertz CT molecular complexity index is 1320. The quantitative estimate of drug-likeness (QED) is 0.512. The summed E-state index contributed by atoms with van der Waals surface area (Å²) in [6, 6.07) is 23.6. The number of fused-ring (bicyclic) bond motifs is 1. The Morgan fingerprint density at radius 1 is 0.839 bits per heavy atom. The first-order chi connectivity index (χ1) is 15.1. The minimum atomic E-state index is -3.94. The fourth-order valence-electron chi connectivity index (χ4n) is 3.38. The summed E-state index contributed by atoms with van der Waals surface area (Å²) in [5.74, 6) is 1.10. The molecule has 0 saturated carbocycles. The number of nitrogens with zero attached hydrogens (tertiary/aromatic N) is 2. The summed E-state index contributed by atoms with van der Waals surface area (Å²) in [5.41, 5.74) is 2.23. The van der Waals surface area contributed by atoms with Crippen molar-refractivity contribution in [2.75, 3.05) is 17.9 Å². The van der Waals surface area contributed by atoms with E-state index < -0.39 is 10.0 Å². The van der Waals surface area contributed by atoms with Gasteiger partial charge in [-0.15, -0.1) is 0 Å². The highest BCUT2D eigenvalue weighted by atomic mass is 32.2. The van der Waals surface area contributed by atoms with Crippen molar-refractivity contribution in [1.82, 2.24) is 9.78 Å². The molecule has 8 heteroatoms. The largest absolute Gasteiger partial charge is 0.486 e. The minimum Gasteiger partial charge on any atom is -0.486 e. The summed E-state index contributed by atoms with van der Waals surface area (Å²) in [5, 5.41) is 4.58. The molecule has 1 aliphatic rings. The normalized spacial score (nSPS) is 13.0. The van der Waals surface area contributed by atoms with Crippen LogP contribution in [0.4, 0.5) is 5.69 Å². The molecule has 7 nitrogen and oxygen atoms in total. The van der Waals surface area contributed by atoms with Gasteiger partial charge in [-0.05, 0) is 24.3 Å². The predicted octanol–water partition coefficient (Wildman–Crippen LogP) is 4.11. The summed E-state index contributed by atoms with van der Waals surface area (Å²) in [6.45, 7) is 0.891. The van der Waals surface area contributed by atoms with Gasteiger partial charge in [0, 0.05) is 11.6 Å². The third-order valence-corrected chi connectivity index (χ3v) is 6.21. The third kappa shape index (κ3) is 3.85. The Balaban J connectivity index is 1.57. The number of hydrogen-bond donors (Lipinski definition) is 1. The molecular formula is C23H19N3O4S. The summed E-state index contributed by atoms with van der Waals surface area (Å²) in [4.78, 5) is 0.0810. The first-order valence-corrected chi connectivity index (χ1v) is 11.2. The monoisotopic (exact) mass is 433 g/mol. The van der Waals surface area contributed by atoms with Crippen LogP contribution in [0.1, 0.15) is 0 Å². The zero-order chi connectivity index (χ0) is 21.3. The summed E-state index contributed by atoms with van der Waals surface area (Å²) in [6.07, 6.45) is 1.53. The zero-order valence-electron chi connectivity index (χ0n) is 16.4. The van der Waals surface area contributed by atoms with E-state index in [-0.39, 0.29) is 4.90 Å². The number of benzene rings is 3. The first kappa shape index (κ1) is 19.2. The molecule has 0 aliphatic carbocycles. The van der Waals surface area contributed by atoms with Crippen molar-refractivity contribution in [1.29, 1.82) is 0 Å². The molecule has 3 aromatic carbocycles. The number of nitrogens with one attached hydrogen (secondary N) is 1. The van der Waals surface area contributed by atoms with E-state index in [4.69, 9.17) is 9.47 Å². The highest BCUT2D eigenvalue weighted by Crippen LogP contribution is 2.34. The lowest BCUT2D eigenvalue weighted by Crippen LogP contribution is -2.17. The number of para-hydroxylation sites is 1. The van der Waals surface area contributed by atoms with Crippen molar-refractivity contribution in [3.05, 3.63) is 85.1 Å². The number of anilines is 1. The second-order valence-corrected chi connectivity index (χ2v) is 8.60. The molecule has 2 heterocycles. The molecule has 0 saturated heterocycles. The van der Waals surface area contributed by atoms with Crippen LogP contribution in [0.3, 0.4) is 0 Å². The molecule has 0 spiro atoms. The number of rotatable bonds is 5. The van der Waals surface area contributed by atoms with Crippen molar-refractivity contribution < 1.29 is 17.9 Å². The lowest BCUT2D eigenvalue weighted by molar-refractivity contribution is 0.171. The molecule has 5 rings (SSSR count). The maximum absolute atomic E-state index is 13.4. The molecule has 1 N–H and O–H groups in total. The average Bonchev–Trinajstić information content (AvgIpc) is 3.27. The van der Waals surface area contributed by atoms with E-state index in [1.807, 2.05) is 60.7 Å². The van der Waals surface area contributed by atoms with Gasteiger partial charge in [-0.25, -0.2) is 13.1 Å². The van der Waals surface area contributed by atoms with Crippen LogP contribution in [0.25, 0.3) is 16.9 Å². The van der Waals surface area contributed by atoms with E-state index in [2.05, 4.69) is 9.82 Å². The molecule has 31 heavy (non-hydrogen) atoms. The third-order valence-electron chi connectivity index (χ3n) is 4.83. The van der Waals surface area contributed by atoms with Crippen LogP contribution in [-0.2, 0) is 10.0 Å². The molecule has 0 bridgehead atoms. The van der Waals surface area contributed by atoms with Crippen LogP contribution in [0.2, 0.25) is 0 Å². The summed E-state index contributed by atoms with van der Waals surface area (Å²) >= 11 is 0. The van der Waals surface area contributed by atoms with Gasteiger partial charge >= 0.3 is 0 Å². The van der Waals surface area contributed by atoms with Crippen LogP contribution in [0, 0.1) is 0 Å². The fourth-order valence-corrected chi connectivity index (χ4v) is 4.58. The predicted molar refractivity (Wildman–Crippen MR) is 117 cm³/mol. The van der Waals surface area contributed by atoms with E-state index >= 15 is 0 Å². The van der Waals surface area contributed by atoms with Gasteiger partial charge in [0.15, 0.2) is 11.5 Å². The minimum absolute atomic E-state index is 0.0810. The number of aromatic nitrogens is 2. The Kier molecular flexibility index (Phi) is 4.83. The lowest BCUT2D eigenvalue weighted by Gasteiger charge is -2.19. The van der Waals surface area contributed by atoms with E-state index in [1.54, 1.807) is 22.9 Å². The molecule has 4 aromatic rings. The van der Waals surface area contributed by atoms with Crippen molar-refractivity contribution in [2.24, 2.45) is 0 Å². The second kappa shape index (κ2) is 7.81. The highest BCUT2D eigenvalue weighted by molar-refractivity contribution is 7.92. The molecule has 0 unspecified atom stereocenters. The highest BCUT2D eigenvalue weighted by Gasteiger charge is 2.25. The maximum atomic E-state index is 13.4.